The molecule has 4 amide bonds. The molecule has 0 saturated carbocycles. The Morgan fingerprint density at radius 1 is 0.935 bits per heavy atom. The molecule has 2 heterocycles. The fraction of sp³-hybridized carbons (Fsp3) is 0.500. The maximum absolute atomic E-state index is 12.6. The quantitative estimate of drug-likeness (QED) is 0.329. The number of hydrogen-bond acceptors (Lipinski definition) is 5. The summed E-state index contributed by atoms with van der Waals surface area (Å²) in [6.45, 7) is 12.6. The van der Waals surface area contributed by atoms with Crippen LogP contribution in [-0.2, 0) is 19.2 Å². The van der Waals surface area contributed by atoms with E-state index in [2.05, 4.69) is 11.9 Å². The Morgan fingerprint density at radius 2 is 1.42 bits per heavy atom. The number of nitrogens with zero attached hydrogens (tertiary/aromatic N) is 2. The van der Waals surface area contributed by atoms with Crippen molar-refractivity contribution < 1.29 is 19.2 Å². The zero-order valence-electron chi connectivity index (χ0n) is 18.9. The van der Waals surface area contributed by atoms with Gasteiger partial charge in [-0.05, 0) is 27.7 Å². The molecule has 0 aliphatic carbocycles. The van der Waals surface area contributed by atoms with Crippen molar-refractivity contribution in [1.29, 1.82) is 0 Å². The van der Waals surface area contributed by atoms with Gasteiger partial charge in [0.1, 0.15) is 0 Å². The van der Waals surface area contributed by atoms with Crippen LogP contribution in [0.25, 0.3) is 0 Å². The first-order valence-corrected chi connectivity index (χ1v) is 10.7. The molecule has 2 atom stereocenters. The van der Waals surface area contributed by atoms with E-state index in [0.29, 0.717) is 13.1 Å². The van der Waals surface area contributed by atoms with Crippen molar-refractivity contribution in [3.05, 3.63) is 47.6 Å². The van der Waals surface area contributed by atoms with Crippen molar-refractivity contribution in [2.24, 2.45) is 11.8 Å². The van der Waals surface area contributed by atoms with Crippen molar-refractivity contribution in [3.8, 4) is 0 Å². The molecule has 168 valence electrons. The summed E-state index contributed by atoms with van der Waals surface area (Å²) in [6.07, 6.45) is 7.83. The molecule has 0 aromatic rings. The summed E-state index contributed by atoms with van der Waals surface area (Å²) in [4.78, 5) is 52.2. The molecule has 0 aromatic carbocycles. The van der Waals surface area contributed by atoms with Crippen LogP contribution in [0.1, 0.15) is 40.5 Å². The molecule has 31 heavy (non-hydrogen) atoms. The molecule has 2 aliphatic heterocycles. The highest BCUT2D eigenvalue weighted by molar-refractivity contribution is 6.05. The zero-order chi connectivity index (χ0) is 23.1. The Hall–Kier alpha value is -2.80. The summed E-state index contributed by atoms with van der Waals surface area (Å²) in [5, 5.41) is 3.13. The Bertz CT molecular complexity index is 853. The van der Waals surface area contributed by atoms with Crippen LogP contribution in [0, 0.1) is 11.8 Å². The predicted molar refractivity (Wildman–Crippen MR) is 120 cm³/mol. The van der Waals surface area contributed by atoms with E-state index in [1.807, 2.05) is 52.0 Å². The van der Waals surface area contributed by atoms with E-state index < -0.39 is 11.8 Å². The number of carbonyl (C=O) groups is 4. The molecule has 7 nitrogen and oxygen atoms in total. The van der Waals surface area contributed by atoms with Crippen molar-refractivity contribution in [3.63, 3.8) is 0 Å². The van der Waals surface area contributed by atoms with Gasteiger partial charge < -0.3 is 5.32 Å². The standard InChI is InChI=1S/C24H33N3O4/c1-6-7-8-17(4)19-14-21(28)26(23(19)30)11-9-25-10-12-27-22(29)15-20(24(27)31)18(5)13-16(2)3/h6-8,13,19-20,25H,2,9-12,14-15H2,1,3-5H3. The van der Waals surface area contributed by atoms with Crippen LogP contribution in [0.2, 0.25) is 0 Å². The molecule has 0 bridgehead atoms. The minimum absolute atomic E-state index is 0.169. The maximum atomic E-state index is 12.6. The Labute approximate surface area is 184 Å². The molecule has 0 spiro atoms. The zero-order valence-corrected chi connectivity index (χ0v) is 18.9. The number of hydrogen-bond donors (Lipinski definition) is 1. The van der Waals surface area contributed by atoms with E-state index in [1.54, 1.807) is 0 Å². The van der Waals surface area contributed by atoms with E-state index in [9.17, 15) is 19.2 Å². The molecule has 2 aliphatic rings. The van der Waals surface area contributed by atoms with Crippen LogP contribution in [0.4, 0.5) is 0 Å². The first-order valence-electron chi connectivity index (χ1n) is 10.7. The fourth-order valence-corrected chi connectivity index (χ4v) is 3.91. The van der Waals surface area contributed by atoms with E-state index in [1.165, 1.54) is 9.80 Å². The molecule has 2 rings (SSSR count). The van der Waals surface area contributed by atoms with Gasteiger partial charge in [-0.2, -0.15) is 0 Å². The van der Waals surface area contributed by atoms with Crippen LogP contribution in [0.3, 0.4) is 0 Å². The molecule has 2 unspecified atom stereocenters. The number of allylic oxidation sites excluding steroid dienone is 5. The lowest BCUT2D eigenvalue weighted by molar-refractivity contribution is -0.140. The van der Waals surface area contributed by atoms with Gasteiger partial charge in [-0.25, -0.2) is 0 Å². The first kappa shape index (κ1) is 24.5. The molecule has 0 radical (unpaired) electrons. The minimum atomic E-state index is -0.417. The Balaban J connectivity index is 1.80. The minimum Gasteiger partial charge on any atom is -0.313 e. The lowest BCUT2D eigenvalue weighted by Gasteiger charge is -2.18. The number of likely N-dealkylation sites (tertiary alicyclic amines) is 2. The van der Waals surface area contributed by atoms with Gasteiger partial charge in [0, 0.05) is 39.0 Å². The van der Waals surface area contributed by atoms with E-state index in [4.69, 9.17) is 0 Å². The summed E-state index contributed by atoms with van der Waals surface area (Å²) in [5.74, 6) is -1.51. The van der Waals surface area contributed by atoms with Crippen LogP contribution < -0.4 is 5.32 Å². The van der Waals surface area contributed by atoms with Gasteiger partial charge in [0.2, 0.25) is 23.6 Å². The molecule has 7 heteroatoms. The normalized spacial score (nSPS) is 23.1. The Morgan fingerprint density at radius 3 is 1.87 bits per heavy atom. The molecule has 2 fully saturated rings. The third-order valence-electron chi connectivity index (χ3n) is 5.64. The van der Waals surface area contributed by atoms with Crippen molar-refractivity contribution in [2.45, 2.75) is 40.5 Å². The average Bonchev–Trinajstić information content (AvgIpc) is 3.15. The molecule has 2 saturated heterocycles. The van der Waals surface area contributed by atoms with Crippen LogP contribution in [0.5, 0.6) is 0 Å². The van der Waals surface area contributed by atoms with Gasteiger partial charge in [-0.1, -0.05) is 47.6 Å². The van der Waals surface area contributed by atoms with Crippen molar-refractivity contribution in [2.75, 3.05) is 26.2 Å². The van der Waals surface area contributed by atoms with Gasteiger partial charge >= 0.3 is 0 Å². The van der Waals surface area contributed by atoms with Crippen molar-refractivity contribution >= 4 is 23.6 Å². The molecular formula is C24H33N3O4. The number of amides is 4. The van der Waals surface area contributed by atoms with Crippen LogP contribution >= 0.6 is 0 Å². The number of carbonyl (C=O) groups excluding carboxylic acids is 4. The summed E-state index contributed by atoms with van der Waals surface area (Å²) in [6, 6.07) is 0. The van der Waals surface area contributed by atoms with Crippen LogP contribution in [-0.4, -0.2) is 59.6 Å². The second-order valence-corrected chi connectivity index (χ2v) is 8.20. The largest absolute Gasteiger partial charge is 0.313 e. The summed E-state index contributed by atoms with van der Waals surface area (Å²) >= 11 is 0. The van der Waals surface area contributed by atoms with Gasteiger partial charge in [-0.15, -0.1) is 0 Å². The fourth-order valence-electron chi connectivity index (χ4n) is 3.91. The van der Waals surface area contributed by atoms with Gasteiger partial charge in [-0.3, -0.25) is 29.0 Å². The maximum Gasteiger partial charge on any atom is 0.236 e. The topological polar surface area (TPSA) is 86.8 Å². The number of imide groups is 2. The van der Waals surface area contributed by atoms with Crippen LogP contribution in [0.15, 0.2) is 47.6 Å². The number of nitrogens with one attached hydrogen (secondary N) is 1. The van der Waals surface area contributed by atoms with Gasteiger partial charge in [0.15, 0.2) is 0 Å². The SMILES string of the molecule is C=C(C)C=C(C)C1CC(=O)N(CCNCCN2C(=O)CC(C(C)=CC=CC)C2=O)C1=O. The highest BCUT2D eigenvalue weighted by Gasteiger charge is 2.40. The second-order valence-electron chi connectivity index (χ2n) is 8.20. The van der Waals surface area contributed by atoms with E-state index >= 15 is 0 Å². The van der Waals surface area contributed by atoms with Gasteiger partial charge in [0.05, 0.1) is 11.8 Å². The molecule has 1 N–H and O–H groups in total. The van der Waals surface area contributed by atoms with Crippen molar-refractivity contribution in [1.82, 2.24) is 15.1 Å². The third-order valence-corrected chi connectivity index (χ3v) is 5.64. The monoisotopic (exact) mass is 427 g/mol. The average molecular weight is 428 g/mol. The summed E-state index contributed by atoms with van der Waals surface area (Å²) in [7, 11) is 0. The van der Waals surface area contributed by atoms with E-state index in [0.717, 1.165) is 16.7 Å². The number of rotatable bonds is 10. The third kappa shape index (κ3) is 6.10. The predicted octanol–water partition coefficient (Wildman–Crippen LogP) is 2.37. The van der Waals surface area contributed by atoms with Gasteiger partial charge in [0.25, 0.3) is 0 Å². The smallest absolute Gasteiger partial charge is 0.236 e. The highest BCUT2D eigenvalue weighted by atomic mass is 16.2. The lowest BCUT2D eigenvalue weighted by Crippen LogP contribution is -2.40. The molecular weight excluding hydrogens is 394 g/mol. The molecule has 0 aromatic heterocycles. The highest BCUT2D eigenvalue weighted by Crippen LogP contribution is 2.27. The first-order chi connectivity index (χ1) is 14.7. The second kappa shape index (κ2) is 11.0. The Kier molecular flexibility index (Phi) is 8.68. The summed E-state index contributed by atoms with van der Waals surface area (Å²) < 4.78 is 0. The summed E-state index contributed by atoms with van der Waals surface area (Å²) in [5.41, 5.74) is 2.57. The van der Waals surface area contributed by atoms with E-state index in [-0.39, 0.29) is 49.6 Å². The lowest BCUT2D eigenvalue weighted by atomic mass is 9.97.